The van der Waals surface area contributed by atoms with Crippen molar-refractivity contribution in [2.75, 3.05) is 36.2 Å². The zero-order valence-electron chi connectivity index (χ0n) is 12.1. The number of para-hydroxylation sites is 1. The summed E-state index contributed by atoms with van der Waals surface area (Å²) in [4.78, 5) is 2.11. The number of fused-ring (bicyclic) bond motifs is 1. The summed E-state index contributed by atoms with van der Waals surface area (Å²) < 4.78 is 0. The molecule has 2 aromatic rings. The van der Waals surface area contributed by atoms with Crippen LogP contribution in [0.3, 0.4) is 0 Å². The zero-order valence-corrected chi connectivity index (χ0v) is 12.1. The Bertz CT molecular complexity index is 588. The number of benzene rings is 2. The van der Waals surface area contributed by atoms with E-state index >= 15 is 0 Å². The number of rotatable bonds is 4. The molecule has 3 rings (SSSR count). The van der Waals surface area contributed by atoms with Gasteiger partial charge >= 0.3 is 0 Å². The molecule has 3 heteroatoms. The standard InChI is InChI=1S/C17H21N3/c1-20(2)16-8-6-15(7-9-16)19-12-14-5-3-4-13-10-11-18-17(13)14/h3-9,18-19H,10-12H2,1-2H3. The van der Waals surface area contributed by atoms with Crippen LogP contribution in [0.1, 0.15) is 11.1 Å². The topological polar surface area (TPSA) is 27.3 Å². The normalized spacial score (nSPS) is 12.7. The molecule has 20 heavy (non-hydrogen) atoms. The van der Waals surface area contributed by atoms with Gasteiger partial charge in [0.05, 0.1) is 0 Å². The van der Waals surface area contributed by atoms with Gasteiger partial charge in [-0.05, 0) is 41.8 Å². The highest BCUT2D eigenvalue weighted by atomic mass is 15.1. The van der Waals surface area contributed by atoms with Gasteiger partial charge in [-0.25, -0.2) is 0 Å². The Balaban J connectivity index is 1.69. The first kappa shape index (κ1) is 12.9. The fraction of sp³-hybridized carbons (Fsp3) is 0.294. The molecule has 0 bridgehead atoms. The second-order valence-corrected chi connectivity index (χ2v) is 5.42. The maximum Gasteiger partial charge on any atom is 0.0424 e. The van der Waals surface area contributed by atoms with E-state index in [0.29, 0.717) is 0 Å². The van der Waals surface area contributed by atoms with Crippen molar-refractivity contribution in [3.8, 4) is 0 Å². The van der Waals surface area contributed by atoms with Gasteiger partial charge in [0.1, 0.15) is 0 Å². The molecule has 0 aromatic heterocycles. The second kappa shape index (κ2) is 5.45. The molecule has 3 nitrogen and oxygen atoms in total. The van der Waals surface area contributed by atoms with Crippen molar-refractivity contribution in [2.45, 2.75) is 13.0 Å². The van der Waals surface area contributed by atoms with Crippen molar-refractivity contribution in [2.24, 2.45) is 0 Å². The first-order chi connectivity index (χ1) is 9.74. The van der Waals surface area contributed by atoms with Crippen LogP contribution in [0.15, 0.2) is 42.5 Å². The van der Waals surface area contributed by atoms with Crippen LogP contribution < -0.4 is 15.5 Å². The van der Waals surface area contributed by atoms with E-state index in [1.807, 2.05) is 0 Å². The van der Waals surface area contributed by atoms with Gasteiger partial charge in [0.25, 0.3) is 0 Å². The van der Waals surface area contributed by atoms with Gasteiger partial charge < -0.3 is 15.5 Å². The zero-order chi connectivity index (χ0) is 13.9. The molecule has 0 unspecified atom stereocenters. The van der Waals surface area contributed by atoms with Crippen LogP contribution in [0.25, 0.3) is 0 Å². The molecule has 0 atom stereocenters. The SMILES string of the molecule is CN(C)c1ccc(NCc2cccc3c2NCC3)cc1. The summed E-state index contributed by atoms with van der Waals surface area (Å²) in [7, 11) is 4.11. The Labute approximate surface area is 120 Å². The van der Waals surface area contributed by atoms with Crippen molar-refractivity contribution >= 4 is 17.1 Å². The smallest absolute Gasteiger partial charge is 0.0424 e. The lowest BCUT2D eigenvalue weighted by molar-refractivity contribution is 1.11. The molecule has 104 valence electrons. The van der Waals surface area contributed by atoms with Crippen molar-refractivity contribution in [1.82, 2.24) is 0 Å². The summed E-state index contributed by atoms with van der Waals surface area (Å²) >= 11 is 0. The summed E-state index contributed by atoms with van der Waals surface area (Å²) in [5.74, 6) is 0. The molecule has 2 N–H and O–H groups in total. The monoisotopic (exact) mass is 267 g/mol. The maximum absolute atomic E-state index is 3.50. The van der Waals surface area contributed by atoms with E-state index in [2.05, 4.69) is 72.1 Å². The van der Waals surface area contributed by atoms with Gasteiger partial charge in [-0.1, -0.05) is 18.2 Å². The lowest BCUT2D eigenvalue weighted by Crippen LogP contribution is -2.08. The third-order valence-corrected chi connectivity index (χ3v) is 3.80. The van der Waals surface area contributed by atoms with E-state index in [9.17, 15) is 0 Å². The lowest BCUT2D eigenvalue weighted by atomic mass is 10.1. The molecule has 2 aromatic carbocycles. The van der Waals surface area contributed by atoms with Gasteiger partial charge in [0, 0.05) is 44.2 Å². The van der Waals surface area contributed by atoms with Crippen LogP contribution in [0, 0.1) is 0 Å². The predicted octanol–water partition coefficient (Wildman–Crippen LogP) is 3.33. The predicted molar refractivity (Wildman–Crippen MR) is 86.7 cm³/mol. The van der Waals surface area contributed by atoms with Crippen molar-refractivity contribution < 1.29 is 0 Å². The number of nitrogens with one attached hydrogen (secondary N) is 2. The fourth-order valence-electron chi connectivity index (χ4n) is 2.63. The van der Waals surface area contributed by atoms with Crippen molar-refractivity contribution in [3.05, 3.63) is 53.6 Å². The molecule has 0 fully saturated rings. The highest BCUT2D eigenvalue weighted by Crippen LogP contribution is 2.27. The van der Waals surface area contributed by atoms with Gasteiger partial charge in [-0.2, -0.15) is 0 Å². The summed E-state index contributed by atoms with van der Waals surface area (Å²) in [6, 6.07) is 15.1. The number of hydrogen-bond acceptors (Lipinski definition) is 3. The van der Waals surface area contributed by atoms with Crippen LogP contribution in [-0.4, -0.2) is 20.6 Å². The van der Waals surface area contributed by atoms with E-state index in [1.54, 1.807) is 0 Å². The summed E-state index contributed by atoms with van der Waals surface area (Å²) in [5.41, 5.74) is 6.48. The Morgan fingerprint density at radius 1 is 1.10 bits per heavy atom. The Morgan fingerprint density at radius 2 is 1.90 bits per heavy atom. The van der Waals surface area contributed by atoms with Crippen LogP contribution in [0.4, 0.5) is 17.1 Å². The highest BCUT2D eigenvalue weighted by Gasteiger charge is 2.12. The van der Waals surface area contributed by atoms with Gasteiger partial charge in [-0.3, -0.25) is 0 Å². The van der Waals surface area contributed by atoms with Crippen LogP contribution in [-0.2, 0) is 13.0 Å². The van der Waals surface area contributed by atoms with E-state index in [1.165, 1.54) is 22.5 Å². The number of hydrogen-bond donors (Lipinski definition) is 2. The molecule has 1 heterocycles. The number of nitrogens with zero attached hydrogens (tertiary/aromatic N) is 1. The van der Waals surface area contributed by atoms with Crippen LogP contribution in [0.5, 0.6) is 0 Å². The first-order valence-corrected chi connectivity index (χ1v) is 7.10. The average Bonchev–Trinajstić information content (AvgIpc) is 2.94. The minimum absolute atomic E-state index is 0.859. The Kier molecular flexibility index (Phi) is 3.50. The van der Waals surface area contributed by atoms with Crippen LogP contribution in [0.2, 0.25) is 0 Å². The molecule has 0 aliphatic carbocycles. The van der Waals surface area contributed by atoms with Gasteiger partial charge in [0.15, 0.2) is 0 Å². The van der Waals surface area contributed by atoms with Gasteiger partial charge in [-0.15, -0.1) is 0 Å². The molecule has 0 spiro atoms. The second-order valence-electron chi connectivity index (χ2n) is 5.42. The molecule has 0 radical (unpaired) electrons. The lowest BCUT2D eigenvalue weighted by Gasteiger charge is -2.14. The Hall–Kier alpha value is -2.16. The highest BCUT2D eigenvalue weighted by molar-refractivity contribution is 5.62. The first-order valence-electron chi connectivity index (χ1n) is 7.10. The van der Waals surface area contributed by atoms with E-state index in [4.69, 9.17) is 0 Å². The molecule has 0 amide bonds. The summed E-state index contributed by atoms with van der Waals surface area (Å²) in [6.45, 7) is 1.92. The summed E-state index contributed by atoms with van der Waals surface area (Å²) in [5, 5.41) is 6.98. The summed E-state index contributed by atoms with van der Waals surface area (Å²) in [6.07, 6.45) is 1.14. The van der Waals surface area contributed by atoms with Crippen molar-refractivity contribution in [3.63, 3.8) is 0 Å². The molecule has 1 aliphatic rings. The largest absolute Gasteiger partial charge is 0.384 e. The van der Waals surface area contributed by atoms with E-state index in [-0.39, 0.29) is 0 Å². The quantitative estimate of drug-likeness (QED) is 0.889. The molecule has 0 saturated carbocycles. The average molecular weight is 267 g/mol. The Morgan fingerprint density at radius 3 is 2.65 bits per heavy atom. The molecule has 0 saturated heterocycles. The maximum atomic E-state index is 3.50. The fourth-order valence-corrected chi connectivity index (χ4v) is 2.63. The molecule has 1 aliphatic heterocycles. The van der Waals surface area contributed by atoms with E-state index < -0.39 is 0 Å². The minimum atomic E-state index is 0.859. The van der Waals surface area contributed by atoms with E-state index in [0.717, 1.165) is 25.2 Å². The minimum Gasteiger partial charge on any atom is -0.384 e. The molecular weight excluding hydrogens is 246 g/mol. The van der Waals surface area contributed by atoms with Gasteiger partial charge in [0.2, 0.25) is 0 Å². The number of anilines is 3. The third kappa shape index (κ3) is 2.57. The van der Waals surface area contributed by atoms with Crippen LogP contribution >= 0.6 is 0 Å². The third-order valence-electron chi connectivity index (χ3n) is 3.80. The molecular formula is C17H21N3. The van der Waals surface area contributed by atoms with Crippen molar-refractivity contribution in [1.29, 1.82) is 0 Å².